The maximum atomic E-state index is 12.0. The van der Waals surface area contributed by atoms with E-state index in [1.54, 1.807) is 0 Å². The first-order valence-corrected chi connectivity index (χ1v) is 7.38. The number of piperidine rings is 1. The fraction of sp³-hybridized carbons (Fsp3) is 0.929. The van der Waals surface area contributed by atoms with E-state index in [0.29, 0.717) is 11.9 Å². The SMILES string of the molecule is CCN(CC)CCN1CCC[C@H]2C(=O)N(C)C[C@H]21. The lowest BCUT2D eigenvalue weighted by Gasteiger charge is -2.37. The molecule has 0 bridgehead atoms. The van der Waals surface area contributed by atoms with Crippen LogP contribution in [0.15, 0.2) is 0 Å². The molecule has 104 valence electrons. The van der Waals surface area contributed by atoms with Gasteiger partial charge in [-0.2, -0.15) is 0 Å². The van der Waals surface area contributed by atoms with E-state index in [0.717, 1.165) is 39.1 Å². The Hall–Kier alpha value is -0.610. The molecule has 0 saturated carbocycles. The van der Waals surface area contributed by atoms with E-state index in [1.165, 1.54) is 13.0 Å². The largest absolute Gasteiger partial charge is 0.344 e. The Kier molecular flexibility index (Phi) is 4.62. The molecule has 0 aromatic heterocycles. The van der Waals surface area contributed by atoms with Crippen molar-refractivity contribution in [3.05, 3.63) is 0 Å². The van der Waals surface area contributed by atoms with Crippen molar-refractivity contribution in [1.29, 1.82) is 0 Å². The average Bonchev–Trinajstić information content (AvgIpc) is 2.68. The molecule has 0 aliphatic carbocycles. The molecule has 2 fully saturated rings. The van der Waals surface area contributed by atoms with Gasteiger partial charge in [0.05, 0.1) is 5.92 Å². The molecule has 0 unspecified atom stereocenters. The van der Waals surface area contributed by atoms with Gasteiger partial charge in [-0.05, 0) is 32.5 Å². The van der Waals surface area contributed by atoms with Gasteiger partial charge in [0.15, 0.2) is 0 Å². The summed E-state index contributed by atoms with van der Waals surface area (Å²) in [7, 11) is 1.95. The number of rotatable bonds is 5. The number of carbonyl (C=O) groups is 1. The Labute approximate surface area is 111 Å². The molecule has 2 atom stereocenters. The number of hydrogen-bond donors (Lipinski definition) is 0. The summed E-state index contributed by atoms with van der Waals surface area (Å²) in [6, 6.07) is 0.479. The Morgan fingerprint density at radius 2 is 2.06 bits per heavy atom. The standard InChI is InChI=1S/C14H27N3O/c1-4-16(5-2)9-10-17-8-6-7-12-13(17)11-15(3)14(12)18/h12-13H,4-11H2,1-3H3/t12-,13-/m1/s1. The molecule has 0 aromatic carbocycles. The Morgan fingerprint density at radius 1 is 1.33 bits per heavy atom. The van der Waals surface area contributed by atoms with Gasteiger partial charge in [0.25, 0.3) is 0 Å². The minimum atomic E-state index is 0.278. The van der Waals surface area contributed by atoms with Gasteiger partial charge in [-0.3, -0.25) is 9.69 Å². The van der Waals surface area contributed by atoms with Gasteiger partial charge in [-0.15, -0.1) is 0 Å². The van der Waals surface area contributed by atoms with E-state index in [9.17, 15) is 4.79 Å². The Bertz CT molecular complexity index is 291. The van der Waals surface area contributed by atoms with E-state index >= 15 is 0 Å². The number of amides is 1. The number of likely N-dealkylation sites (N-methyl/N-ethyl adjacent to an activating group) is 2. The molecule has 2 aliphatic rings. The minimum Gasteiger partial charge on any atom is -0.344 e. The van der Waals surface area contributed by atoms with E-state index in [2.05, 4.69) is 23.6 Å². The predicted octanol–water partition coefficient (Wildman–Crippen LogP) is 0.881. The van der Waals surface area contributed by atoms with Crippen molar-refractivity contribution in [2.24, 2.45) is 5.92 Å². The van der Waals surface area contributed by atoms with Gasteiger partial charge < -0.3 is 9.80 Å². The van der Waals surface area contributed by atoms with E-state index in [1.807, 2.05) is 11.9 Å². The van der Waals surface area contributed by atoms with Crippen molar-refractivity contribution in [1.82, 2.24) is 14.7 Å². The molecular weight excluding hydrogens is 226 g/mol. The summed E-state index contributed by atoms with van der Waals surface area (Å²) in [5.74, 6) is 0.646. The first kappa shape index (κ1) is 13.8. The fourth-order valence-corrected chi connectivity index (χ4v) is 3.40. The van der Waals surface area contributed by atoms with Gasteiger partial charge in [0, 0.05) is 32.7 Å². The molecule has 0 N–H and O–H groups in total. The summed E-state index contributed by atoms with van der Waals surface area (Å²) < 4.78 is 0. The third kappa shape index (κ3) is 2.69. The van der Waals surface area contributed by atoms with Gasteiger partial charge in [-0.25, -0.2) is 0 Å². The molecular formula is C14H27N3O. The van der Waals surface area contributed by atoms with Gasteiger partial charge in [0.2, 0.25) is 5.91 Å². The quantitative estimate of drug-likeness (QED) is 0.728. The van der Waals surface area contributed by atoms with Gasteiger partial charge in [0.1, 0.15) is 0 Å². The summed E-state index contributed by atoms with van der Waals surface area (Å²) in [6.45, 7) is 11.0. The molecule has 2 rings (SSSR count). The van der Waals surface area contributed by atoms with Crippen LogP contribution in [0, 0.1) is 5.92 Å². The van der Waals surface area contributed by atoms with Crippen molar-refractivity contribution in [2.45, 2.75) is 32.7 Å². The molecule has 2 aliphatic heterocycles. The summed E-state index contributed by atoms with van der Waals surface area (Å²) in [4.78, 5) is 19.0. The average molecular weight is 253 g/mol. The first-order valence-electron chi connectivity index (χ1n) is 7.38. The van der Waals surface area contributed by atoms with Crippen LogP contribution in [0.5, 0.6) is 0 Å². The molecule has 0 aromatic rings. The molecule has 2 heterocycles. The number of hydrogen-bond acceptors (Lipinski definition) is 3. The van der Waals surface area contributed by atoms with Crippen LogP contribution < -0.4 is 0 Å². The summed E-state index contributed by atoms with van der Waals surface area (Å²) in [5, 5.41) is 0. The number of carbonyl (C=O) groups excluding carboxylic acids is 1. The number of fused-ring (bicyclic) bond motifs is 1. The second-order valence-corrected chi connectivity index (χ2v) is 5.60. The summed E-state index contributed by atoms with van der Waals surface area (Å²) in [5.41, 5.74) is 0. The summed E-state index contributed by atoms with van der Waals surface area (Å²) in [6.07, 6.45) is 2.27. The zero-order valence-electron chi connectivity index (χ0n) is 12.1. The topological polar surface area (TPSA) is 26.8 Å². The molecule has 0 radical (unpaired) electrons. The van der Waals surface area contributed by atoms with Crippen molar-refractivity contribution < 1.29 is 4.79 Å². The third-order valence-corrected chi connectivity index (χ3v) is 4.65. The molecule has 18 heavy (non-hydrogen) atoms. The van der Waals surface area contributed by atoms with E-state index in [4.69, 9.17) is 0 Å². The highest BCUT2D eigenvalue weighted by atomic mass is 16.2. The fourth-order valence-electron chi connectivity index (χ4n) is 3.40. The Balaban J connectivity index is 1.91. The van der Waals surface area contributed by atoms with Crippen LogP contribution in [0.4, 0.5) is 0 Å². The maximum absolute atomic E-state index is 12.0. The minimum absolute atomic E-state index is 0.278. The van der Waals surface area contributed by atoms with Crippen LogP contribution in [-0.2, 0) is 4.79 Å². The highest BCUT2D eigenvalue weighted by molar-refractivity contribution is 5.81. The van der Waals surface area contributed by atoms with Crippen LogP contribution in [0.25, 0.3) is 0 Å². The lowest BCUT2D eigenvalue weighted by Crippen LogP contribution is -2.48. The van der Waals surface area contributed by atoms with Crippen LogP contribution >= 0.6 is 0 Å². The van der Waals surface area contributed by atoms with Gasteiger partial charge >= 0.3 is 0 Å². The first-order chi connectivity index (χ1) is 8.67. The van der Waals surface area contributed by atoms with Gasteiger partial charge in [-0.1, -0.05) is 13.8 Å². The zero-order chi connectivity index (χ0) is 13.1. The molecule has 4 nitrogen and oxygen atoms in total. The van der Waals surface area contributed by atoms with Crippen molar-refractivity contribution >= 4 is 5.91 Å². The highest BCUT2D eigenvalue weighted by Gasteiger charge is 2.43. The van der Waals surface area contributed by atoms with Crippen LogP contribution in [0.2, 0.25) is 0 Å². The molecule has 2 saturated heterocycles. The second-order valence-electron chi connectivity index (χ2n) is 5.60. The van der Waals surface area contributed by atoms with E-state index < -0.39 is 0 Å². The normalized spacial score (nSPS) is 29.1. The lowest BCUT2D eigenvalue weighted by atomic mass is 9.91. The van der Waals surface area contributed by atoms with Crippen molar-refractivity contribution in [2.75, 3.05) is 46.3 Å². The van der Waals surface area contributed by atoms with Crippen LogP contribution in [0.3, 0.4) is 0 Å². The van der Waals surface area contributed by atoms with Crippen LogP contribution in [0.1, 0.15) is 26.7 Å². The zero-order valence-corrected chi connectivity index (χ0v) is 12.1. The monoisotopic (exact) mass is 253 g/mol. The second kappa shape index (κ2) is 6.02. The number of likely N-dealkylation sites (tertiary alicyclic amines) is 2. The smallest absolute Gasteiger partial charge is 0.227 e. The molecule has 0 spiro atoms. The lowest BCUT2D eigenvalue weighted by molar-refractivity contribution is -0.130. The maximum Gasteiger partial charge on any atom is 0.227 e. The van der Waals surface area contributed by atoms with E-state index in [-0.39, 0.29) is 5.92 Å². The number of nitrogens with zero attached hydrogens (tertiary/aromatic N) is 3. The Morgan fingerprint density at radius 3 is 2.72 bits per heavy atom. The molecule has 1 amide bonds. The summed E-state index contributed by atoms with van der Waals surface area (Å²) >= 11 is 0. The van der Waals surface area contributed by atoms with Crippen molar-refractivity contribution in [3.8, 4) is 0 Å². The van der Waals surface area contributed by atoms with Crippen molar-refractivity contribution in [3.63, 3.8) is 0 Å². The molecule has 4 heteroatoms. The van der Waals surface area contributed by atoms with Crippen LogP contribution in [-0.4, -0.2) is 73.0 Å². The predicted molar refractivity (Wildman–Crippen MR) is 73.5 cm³/mol. The third-order valence-electron chi connectivity index (χ3n) is 4.65. The highest BCUT2D eigenvalue weighted by Crippen LogP contribution is 2.30.